The summed E-state index contributed by atoms with van der Waals surface area (Å²) >= 11 is 0. The number of hydrogen-bond donors (Lipinski definition) is 0. The number of nitrogens with zero attached hydrogens (tertiary/aromatic N) is 1. The summed E-state index contributed by atoms with van der Waals surface area (Å²) in [6.45, 7) is 8.86. The molecule has 0 saturated heterocycles. The molecular formula is C6H14NSi2. The summed E-state index contributed by atoms with van der Waals surface area (Å²) in [4.78, 5) is 0. The summed E-state index contributed by atoms with van der Waals surface area (Å²) in [6.07, 6.45) is 0. The molecule has 0 amide bonds. The first-order valence-corrected chi connectivity index (χ1v) is 5.75. The second kappa shape index (κ2) is 4.25. The van der Waals surface area contributed by atoms with Gasteiger partial charge in [0.2, 0.25) is 0 Å². The van der Waals surface area contributed by atoms with Crippen LogP contribution in [0, 0.1) is 0 Å². The molecule has 0 unspecified atom stereocenters. The van der Waals surface area contributed by atoms with E-state index < -0.39 is 0 Å². The molecular weight excluding hydrogens is 142 g/mol. The maximum Gasteiger partial charge on any atom is 0.117 e. The second-order valence-electron chi connectivity index (χ2n) is 2.71. The SMILES string of the molecule is CC(C)N([Si][Si])C(C)C. The van der Waals surface area contributed by atoms with E-state index in [0.29, 0.717) is 12.1 Å². The Hall–Kier alpha value is 0.394. The molecule has 0 N–H and O–H groups in total. The van der Waals surface area contributed by atoms with E-state index >= 15 is 0 Å². The smallest absolute Gasteiger partial charge is 0.117 e. The Balaban J connectivity index is 3.68. The van der Waals surface area contributed by atoms with Crippen molar-refractivity contribution in [3.8, 4) is 0 Å². The molecule has 0 spiro atoms. The molecule has 0 rings (SSSR count). The molecule has 0 aliphatic heterocycles. The fourth-order valence-electron chi connectivity index (χ4n) is 0.854. The van der Waals surface area contributed by atoms with Crippen molar-refractivity contribution in [1.82, 2.24) is 4.57 Å². The van der Waals surface area contributed by atoms with Gasteiger partial charge in [0, 0.05) is 9.76 Å². The molecule has 0 bridgehead atoms. The monoisotopic (exact) mass is 156 g/mol. The Morgan fingerprint density at radius 3 is 1.44 bits per heavy atom. The lowest BCUT2D eigenvalue weighted by Crippen LogP contribution is -2.40. The molecule has 5 radical (unpaired) electrons. The zero-order valence-corrected chi connectivity index (χ0v) is 8.60. The van der Waals surface area contributed by atoms with Gasteiger partial charge in [0.15, 0.2) is 0 Å². The molecule has 3 heteroatoms. The van der Waals surface area contributed by atoms with Crippen LogP contribution in [-0.2, 0) is 0 Å². The van der Waals surface area contributed by atoms with E-state index in [1.54, 1.807) is 0 Å². The Bertz CT molecular complexity index is 65.5. The molecule has 0 aromatic heterocycles. The van der Waals surface area contributed by atoms with Crippen LogP contribution in [0.15, 0.2) is 0 Å². The van der Waals surface area contributed by atoms with Gasteiger partial charge < -0.3 is 4.57 Å². The molecule has 0 saturated carbocycles. The predicted molar refractivity (Wildman–Crippen MR) is 43.6 cm³/mol. The van der Waals surface area contributed by atoms with Crippen molar-refractivity contribution in [3.05, 3.63) is 0 Å². The Morgan fingerprint density at radius 2 is 1.44 bits per heavy atom. The third-order valence-electron chi connectivity index (χ3n) is 1.24. The molecule has 0 aromatic rings. The highest BCUT2D eigenvalue weighted by Crippen LogP contribution is 2.00. The van der Waals surface area contributed by atoms with Gasteiger partial charge in [0.05, 0.1) is 0 Å². The van der Waals surface area contributed by atoms with Crippen molar-refractivity contribution in [1.29, 1.82) is 0 Å². The average Bonchev–Trinajstić information content (AvgIpc) is 1.64. The van der Waals surface area contributed by atoms with E-state index in [2.05, 4.69) is 42.0 Å². The van der Waals surface area contributed by atoms with Crippen molar-refractivity contribution in [3.63, 3.8) is 0 Å². The van der Waals surface area contributed by atoms with Gasteiger partial charge in [-0.3, -0.25) is 0 Å². The van der Waals surface area contributed by atoms with Gasteiger partial charge in [-0.25, -0.2) is 0 Å². The largest absolute Gasteiger partial charge is 0.324 e. The first-order chi connectivity index (χ1) is 4.09. The van der Waals surface area contributed by atoms with Crippen LogP contribution >= 0.6 is 0 Å². The van der Waals surface area contributed by atoms with Gasteiger partial charge in [-0.05, 0) is 12.1 Å². The zero-order valence-electron chi connectivity index (χ0n) is 6.60. The first-order valence-electron chi connectivity index (χ1n) is 3.30. The standard InChI is InChI=1S/C6H14NSi2/c1-5(2)7(9-8)6(3)4/h5-6H,1-4H3. The minimum Gasteiger partial charge on any atom is -0.324 e. The van der Waals surface area contributed by atoms with Crippen LogP contribution in [0.3, 0.4) is 0 Å². The lowest BCUT2D eigenvalue weighted by molar-refractivity contribution is 0.317. The first kappa shape index (κ1) is 9.39. The normalized spacial score (nSPS) is 12.0. The third kappa shape index (κ3) is 3.18. The van der Waals surface area contributed by atoms with Gasteiger partial charge in [-0.1, -0.05) is 27.7 Å². The molecule has 9 heavy (non-hydrogen) atoms. The fourth-order valence-corrected chi connectivity index (χ4v) is 2.92. The quantitative estimate of drug-likeness (QED) is 0.547. The lowest BCUT2D eigenvalue weighted by atomic mass is 10.3. The maximum absolute atomic E-state index is 3.52. The van der Waals surface area contributed by atoms with Crippen LogP contribution in [0.4, 0.5) is 0 Å². The average molecular weight is 156 g/mol. The van der Waals surface area contributed by atoms with Crippen molar-refractivity contribution in [2.45, 2.75) is 39.8 Å². The molecule has 0 aliphatic rings. The van der Waals surface area contributed by atoms with E-state index in [1.165, 1.54) is 0 Å². The zero-order chi connectivity index (χ0) is 7.44. The molecule has 0 aromatic carbocycles. The van der Waals surface area contributed by atoms with Crippen LogP contribution in [0.1, 0.15) is 27.7 Å². The Labute approximate surface area is 63.9 Å². The highest BCUT2D eigenvalue weighted by Gasteiger charge is 2.09. The minimum atomic E-state index is 0.654. The van der Waals surface area contributed by atoms with Crippen molar-refractivity contribution in [2.75, 3.05) is 0 Å². The van der Waals surface area contributed by atoms with Crippen LogP contribution in [0.5, 0.6) is 0 Å². The van der Waals surface area contributed by atoms with Crippen LogP contribution < -0.4 is 0 Å². The number of rotatable bonds is 3. The van der Waals surface area contributed by atoms with E-state index in [0.717, 1.165) is 9.20 Å². The second-order valence-corrected chi connectivity index (χ2v) is 4.12. The van der Waals surface area contributed by atoms with Crippen LogP contribution in [0.2, 0.25) is 0 Å². The van der Waals surface area contributed by atoms with E-state index in [4.69, 9.17) is 0 Å². The van der Waals surface area contributed by atoms with E-state index in [9.17, 15) is 0 Å². The van der Waals surface area contributed by atoms with Crippen LogP contribution in [0.25, 0.3) is 0 Å². The molecule has 0 atom stereocenters. The maximum atomic E-state index is 3.52. The third-order valence-corrected chi connectivity index (χ3v) is 3.31. The Kier molecular flexibility index (Phi) is 4.43. The van der Waals surface area contributed by atoms with Gasteiger partial charge in [-0.15, -0.1) is 0 Å². The fraction of sp³-hybridized carbons (Fsp3) is 1.00. The van der Waals surface area contributed by atoms with Crippen molar-refractivity contribution in [2.24, 2.45) is 0 Å². The van der Waals surface area contributed by atoms with Gasteiger partial charge in [-0.2, -0.15) is 0 Å². The summed E-state index contributed by atoms with van der Waals surface area (Å²) < 4.78 is 2.40. The van der Waals surface area contributed by atoms with Crippen molar-refractivity contribution >= 4 is 19.0 Å². The van der Waals surface area contributed by atoms with Crippen molar-refractivity contribution < 1.29 is 0 Å². The highest BCUT2D eigenvalue weighted by molar-refractivity contribution is 6.87. The minimum absolute atomic E-state index is 0.654. The van der Waals surface area contributed by atoms with E-state index in [1.807, 2.05) is 0 Å². The predicted octanol–water partition coefficient (Wildman–Crippen LogP) is 0.808. The topological polar surface area (TPSA) is 3.24 Å². The highest BCUT2D eigenvalue weighted by atomic mass is 29.1. The molecule has 1 nitrogen and oxygen atoms in total. The summed E-state index contributed by atoms with van der Waals surface area (Å²) in [5, 5.41) is 0. The van der Waals surface area contributed by atoms with Crippen LogP contribution in [-0.4, -0.2) is 35.6 Å². The summed E-state index contributed by atoms with van der Waals surface area (Å²) in [5.74, 6) is 0. The summed E-state index contributed by atoms with van der Waals surface area (Å²) in [7, 11) is 4.26. The summed E-state index contributed by atoms with van der Waals surface area (Å²) in [5.41, 5.74) is 0. The molecule has 0 fully saturated rings. The Morgan fingerprint density at radius 1 is 1.11 bits per heavy atom. The number of hydrogen-bond acceptors (Lipinski definition) is 1. The van der Waals surface area contributed by atoms with Gasteiger partial charge in [0.25, 0.3) is 0 Å². The molecule has 51 valence electrons. The molecule has 0 heterocycles. The molecule has 0 aliphatic carbocycles. The lowest BCUT2D eigenvalue weighted by Gasteiger charge is -2.28. The summed E-state index contributed by atoms with van der Waals surface area (Å²) in [6, 6.07) is 1.31. The van der Waals surface area contributed by atoms with Gasteiger partial charge in [0.1, 0.15) is 9.20 Å². The van der Waals surface area contributed by atoms with Gasteiger partial charge >= 0.3 is 0 Å². The van der Waals surface area contributed by atoms with E-state index in [-0.39, 0.29) is 0 Å².